The van der Waals surface area contributed by atoms with Gasteiger partial charge in [-0.2, -0.15) is 0 Å². The molecular weight excluding hydrogens is 896 g/mol. The first-order valence-corrected chi connectivity index (χ1v) is 26.8. The smallest absolute Gasteiger partial charge is 0.252 e. The third-order valence-corrected chi connectivity index (χ3v) is 17.7. The van der Waals surface area contributed by atoms with Crippen LogP contribution in [0.1, 0.15) is 79.0 Å². The minimum absolute atomic E-state index is 0.0144. The van der Waals surface area contributed by atoms with Crippen molar-refractivity contribution in [3.63, 3.8) is 0 Å². The Kier molecular flexibility index (Phi) is 9.80. The normalized spacial score (nSPS) is 13.6. The lowest BCUT2D eigenvalue weighted by atomic mass is 9.33. The molecule has 0 saturated heterocycles. The summed E-state index contributed by atoms with van der Waals surface area (Å²) in [4.78, 5) is 5.24. The first kappa shape index (κ1) is 44.1. The predicted octanol–water partition coefficient (Wildman–Crippen LogP) is 17.7. The number of hydrogen-bond donors (Lipinski definition) is 0. The van der Waals surface area contributed by atoms with E-state index >= 15 is 0 Å². The van der Waals surface area contributed by atoms with Gasteiger partial charge in [0.2, 0.25) is 0 Å². The molecule has 2 nitrogen and oxygen atoms in total. The zero-order chi connectivity index (χ0) is 48.7. The monoisotopic (exact) mass is 952 g/mol. The van der Waals surface area contributed by atoms with Crippen LogP contribution in [-0.2, 0) is 16.2 Å². The number of rotatable bonds is 4. The van der Waals surface area contributed by atoms with E-state index in [1.54, 1.807) is 0 Å². The Balaban J connectivity index is 1.08. The number of fused-ring (bicyclic) bond motifs is 10. The first-order chi connectivity index (χ1) is 34.1. The van der Waals surface area contributed by atoms with Gasteiger partial charge >= 0.3 is 0 Å². The van der Waals surface area contributed by atoms with Crippen LogP contribution in [0.2, 0.25) is 0 Å². The van der Waals surface area contributed by atoms with Gasteiger partial charge < -0.3 is 9.80 Å². The van der Waals surface area contributed by atoms with Crippen LogP contribution in [0.15, 0.2) is 182 Å². The number of anilines is 6. The van der Waals surface area contributed by atoms with Crippen molar-refractivity contribution in [1.29, 1.82) is 0 Å². The van der Waals surface area contributed by atoms with Crippen LogP contribution in [0.3, 0.4) is 0 Å². The van der Waals surface area contributed by atoms with Crippen molar-refractivity contribution < 1.29 is 0 Å². The van der Waals surface area contributed by atoms with Gasteiger partial charge in [-0.3, -0.25) is 0 Å². The van der Waals surface area contributed by atoms with Gasteiger partial charge in [0.05, 0.1) is 0 Å². The van der Waals surface area contributed by atoms with E-state index in [4.69, 9.17) is 0 Å². The summed E-state index contributed by atoms with van der Waals surface area (Å²) in [6.45, 7) is 21.2. The summed E-state index contributed by atoms with van der Waals surface area (Å²) in [5.74, 6) is 0. The fourth-order valence-corrected chi connectivity index (χ4v) is 14.0. The molecule has 0 bridgehead atoms. The molecule has 5 heteroatoms. The Bertz CT molecular complexity index is 3730. The second kappa shape index (κ2) is 15.8. The third kappa shape index (κ3) is 7.02. The number of nitrogens with zero attached hydrogens (tertiary/aromatic N) is 2. The second-order valence-electron chi connectivity index (χ2n) is 23.0. The molecular formula is C66H57BN2S2. The average molecular weight is 953 g/mol. The fourth-order valence-electron chi connectivity index (χ4n) is 11.5. The van der Waals surface area contributed by atoms with Crippen LogP contribution in [0.4, 0.5) is 34.1 Å². The van der Waals surface area contributed by atoms with E-state index in [-0.39, 0.29) is 23.0 Å². The third-order valence-electron chi connectivity index (χ3n) is 15.3. The van der Waals surface area contributed by atoms with Gasteiger partial charge in [0, 0.05) is 74.5 Å². The molecule has 2 aliphatic rings. The highest BCUT2D eigenvalue weighted by molar-refractivity contribution is 7.26. The standard InChI is InChI=1S/C66H57BN2S2/c1-64(2,3)42-30-32-53-55(36-42)68(45-20-14-18-40(34-45)47-24-16-26-51-49-22-10-12-28-59(49)70-62(47)51)57-38-44(66(7,8)9)39-58-61(57)67(53)54-33-31-43(65(4,5)6)37-56(54)69(58)46-21-15-19-41(35-46)48-25-17-27-52-50-23-11-13-29-60(50)71-63(48)52/h10-39H,1-9H3. The molecule has 9 aromatic carbocycles. The largest absolute Gasteiger partial charge is 0.311 e. The van der Waals surface area contributed by atoms with Crippen LogP contribution >= 0.6 is 22.7 Å². The molecule has 4 heterocycles. The zero-order valence-corrected chi connectivity index (χ0v) is 43.7. The van der Waals surface area contributed by atoms with E-state index in [1.165, 1.54) is 130 Å². The van der Waals surface area contributed by atoms with Crippen molar-refractivity contribution in [3.05, 3.63) is 199 Å². The molecule has 0 radical (unpaired) electrons. The summed E-state index contributed by atoms with van der Waals surface area (Å²) in [6, 6.07) is 69.9. The number of benzene rings is 9. The van der Waals surface area contributed by atoms with Crippen LogP contribution < -0.4 is 26.2 Å². The molecule has 2 aromatic heterocycles. The van der Waals surface area contributed by atoms with Crippen LogP contribution in [-0.4, -0.2) is 6.71 Å². The molecule has 2 aliphatic heterocycles. The highest BCUT2D eigenvalue weighted by atomic mass is 32.1. The molecule has 0 amide bonds. The van der Waals surface area contributed by atoms with E-state index in [0.717, 1.165) is 0 Å². The minimum Gasteiger partial charge on any atom is -0.311 e. The quantitative estimate of drug-likeness (QED) is 0.162. The van der Waals surface area contributed by atoms with Crippen LogP contribution in [0.25, 0.3) is 62.6 Å². The summed E-state index contributed by atoms with van der Waals surface area (Å²) in [5, 5.41) is 5.28. The Labute approximate surface area is 426 Å². The predicted molar refractivity (Wildman–Crippen MR) is 313 cm³/mol. The molecule has 13 rings (SSSR count). The first-order valence-electron chi connectivity index (χ1n) is 25.2. The minimum atomic E-state index is -0.142. The lowest BCUT2D eigenvalue weighted by molar-refractivity contribution is 0.590. The second-order valence-corrected chi connectivity index (χ2v) is 25.1. The number of thiophene rings is 2. The van der Waals surface area contributed by atoms with Gasteiger partial charge in [0.15, 0.2) is 0 Å². The Hall–Kier alpha value is -6.92. The Morgan fingerprint density at radius 3 is 1.18 bits per heavy atom. The van der Waals surface area contributed by atoms with Crippen LogP contribution in [0.5, 0.6) is 0 Å². The molecule has 0 unspecified atom stereocenters. The van der Waals surface area contributed by atoms with E-state index in [9.17, 15) is 0 Å². The molecule has 0 N–H and O–H groups in total. The molecule has 11 aromatic rings. The summed E-state index contributed by atoms with van der Waals surface area (Å²) in [5.41, 5.74) is 20.1. The SMILES string of the molecule is CC(C)(C)c1ccc2c(c1)N(c1cccc(-c3cccc4c3sc3ccccc34)c1)c1cc(C(C)(C)C)cc3c1B2c1ccc(C(C)(C)C)cc1N3c1cccc(-c2cccc3c2sc2ccccc23)c1. The van der Waals surface area contributed by atoms with Gasteiger partial charge in [0.25, 0.3) is 6.71 Å². The zero-order valence-electron chi connectivity index (χ0n) is 42.1. The maximum Gasteiger partial charge on any atom is 0.252 e. The van der Waals surface area contributed by atoms with Gasteiger partial charge in [-0.25, -0.2) is 0 Å². The molecule has 0 atom stereocenters. The highest BCUT2D eigenvalue weighted by Crippen LogP contribution is 2.50. The summed E-state index contributed by atoms with van der Waals surface area (Å²) < 4.78 is 5.31. The highest BCUT2D eigenvalue weighted by Gasteiger charge is 2.45. The Morgan fingerprint density at radius 1 is 0.352 bits per heavy atom. The van der Waals surface area contributed by atoms with Crippen molar-refractivity contribution in [2.45, 2.75) is 78.6 Å². The fraction of sp³-hybridized carbons (Fsp3) is 0.182. The summed E-state index contributed by atoms with van der Waals surface area (Å²) in [6.07, 6.45) is 0. The summed E-state index contributed by atoms with van der Waals surface area (Å²) >= 11 is 3.80. The molecule has 346 valence electrons. The Morgan fingerprint density at radius 2 is 0.746 bits per heavy atom. The maximum atomic E-state index is 2.62. The van der Waals surface area contributed by atoms with Crippen molar-refractivity contribution in [2.24, 2.45) is 0 Å². The summed E-state index contributed by atoms with van der Waals surface area (Å²) in [7, 11) is 0. The topological polar surface area (TPSA) is 6.48 Å². The van der Waals surface area contributed by atoms with E-state index in [2.05, 4.69) is 254 Å². The van der Waals surface area contributed by atoms with Crippen LogP contribution in [0, 0.1) is 0 Å². The lowest BCUT2D eigenvalue weighted by Gasteiger charge is -2.45. The van der Waals surface area contributed by atoms with Crippen molar-refractivity contribution >= 4 is 120 Å². The molecule has 0 aliphatic carbocycles. The maximum absolute atomic E-state index is 2.62. The van der Waals surface area contributed by atoms with E-state index in [0.29, 0.717) is 0 Å². The van der Waals surface area contributed by atoms with E-state index in [1.807, 2.05) is 22.7 Å². The molecule has 71 heavy (non-hydrogen) atoms. The van der Waals surface area contributed by atoms with Gasteiger partial charge in [0.1, 0.15) is 0 Å². The van der Waals surface area contributed by atoms with Crippen molar-refractivity contribution in [2.75, 3.05) is 9.80 Å². The van der Waals surface area contributed by atoms with Gasteiger partial charge in [-0.05, 0) is 132 Å². The van der Waals surface area contributed by atoms with E-state index < -0.39 is 0 Å². The number of hydrogen-bond acceptors (Lipinski definition) is 4. The van der Waals surface area contributed by atoms with Gasteiger partial charge in [-0.15, -0.1) is 22.7 Å². The molecule has 0 spiro atoms. The van der Waals surface area contributed by atoms with Crippen molar-refractivity contribution in [1.82, 2.24) is 0 Å². The molecule has 0 fully saturated rings. The lowest BCUT2D eigenvalue weighted by Crippen LogP contribution is -2.61. The average Bonchev–Trinajstić information content (AvgIpc) is 3.94. The van der Waals surface area contributed by atoms with Crippen molar-refractivity contribution in [3.8, 4) is 22.3 Å². The van der Waals surface area contributed by atoms with Gasteiger partial charge in [-0.1, -0.05) is 184 Å². The molecule has 0 saturated carbocycles.